The number of unbranched alkanes of at least 4 members (excludes halogenated alkanes) is 3. The average Bonchev–Trinajstić information content (AvgIpc) is 2.59. The van der Waals surface area contributed by atoms with E-state index in [0.717, 1.165) is 25.7 Å². The molecule has 0 aliphatic heterocycles. The van der Waals surface area contributed by atoms with Gasteiger partial charge in [-0.3, -0.25) is 14.6 Å². The van der Waals surface area contributed by atoms with Crippen LogP contribution in [0, 0.1) is 5.92 Å². The van der Waals surface area contributed by atoms with Crippen molar-refractivity contribution in [2.75, 3.05) is 19.6 Å². The zero-order chi connectivity index (χ0) is 17.8. The summed E-state index contributed by atoms with van der Waals surface area (Å²) in [5, 5.41) is 2.89. The topological polar surface area (TPSA) is 75.2 Å². The molecule has 0 aliphatic rings. The van der Waals surface area contributed by atoms with Crippen LogP contribution in [-0.2, 0) is 4.79 Å². The molecule has 134 valence electrons. The third-order valence-corrected chi connectivity index (χ3v) is 3.67. The summed E-state index contributed by atoms with van der Waals surface area (Å²) in [6.45, 7) is 7.98. The first kappa shape index (κ1) is 20.1. The second-order valence-electron chi connectivity index (χ2n) is 6.39. The summed E-state index contributed by atoms with van der Waals surface area (Å²) in [6, 6.07) is 0. The van der Waals surface area contributed by atoms with Crippen LogP contribution in [0.5, 0.6) is 0 Å². The first-order chi connectivity index (χ1) is 11.5. The molecule has 0 radical (unpaired) electrons. The zero-order valence-electron chi connectivity index (χ0n) is 15.1. The third kappa shape index (κ3) is 8.04. The minimum atomic E-state index is -0.156. The Hall–Kier alpha value is -1.98. The van der Waals surface area contributed by atoms with Crippen molar-refractivity contribution in [2.24, 2.45) is 5.92 Å². The van der Waals surface area contributed by atoms with Gasteiger partial charge in [0.25, 0.3) is 5.91 Å². The van der Waals surface area contributed by atoms with Crippen molar-refractivity contribution in [3.63, 3.8) is 0 Å². The summed E-state index contributed by atoms with van der Waals surface area (Å²) in [5.74, 6) is 0.241. The van der Waals surface area contributed by atoms with E-state index in [1.54, 1.807) is 11.1 Å². The Morgan fingerprint density at radius 3 is 2.58 bits per heavy atom. The van der Waals surface area contributed by atoms with Crippen molar-refractivity contribution in [3.05, 3.63) is 24.3 Å². The molecule has 0 saturated carbocycles. The van der Waals surface area contributed by atoms with E-state index in [1.807, 2.05) is 0 Å². The molecule has 0 bridgehead atoms. The van der Waals surface area contributed by atoms with Crippen LogP contribution in [0.1, 0.15) is 63.4 Å². The second kappa shape index (κ2) is 11.5. The maximum atomic E-state index is 12.6. The molecular formula is C18H30N4O2. The van der Waals surface area contributed by atoms with E-state index in [4.69, 9.17) is 0 Å². The molecular weight excluding hydrogens is 304 g/mol. The summed E-state index contributed by atoms with van der Waals surface area (Å²) < 4.78 is 0. The highest BCUT2D eigenvalue weighted by Crippen LogP contribution is 2.06. The first-order valence-corrected chi connectivity index (χ1v) is 8.86. The lowest BCUT2D eigenvalue weighted by atomic mass is 10.2. The van der Waals surface area contributed by atoms with Gasteiger partial charge in [0.1, 0.15) is 5.69 Å². The van der Waals surface area contributed by atoms with Crippen LogP contribution in [-0.4, -0.2) is 46.3 Å². The number of aromatic nitrogens is 2. The minimum absolute atomic E-state index is 0.0193. The minimum Gasteiger partial charge on any atom is -0.356 e. The molecule has 0 aromatic carbocycles. The van der Waals surface area contributed by atoms with Gasteiger partial charge in [-0.1, -0.05) is 40.0 Å². The summed E-state index contributed by atoms with van der Waals surface area (Å²) in [6.07, 6.45) is 9.16. The number of amides is 2. The predicted molar refractivity (Wildman–Crippen MR) is 94.5 cm³/mol. The van der Waals surface area contributed by atoms with E-state index < -0.39 is 0 Å². The average molecular weight is 334 g/mol. The Morgan fingerprint density at radius 2 is 1.96 bits per heavy atom. The number of carbonyl (C=O) groups is 2. The molecule has 0 fully saturated rings. The van der Waals surface area contributed by atoms with Gasteiger partial charge in [0.15, 0.2) is 0 Å². The van der Waals surface area contributed by atoms with Gasteiger partial charge >= 0.3 is 0 Å². The number of rotatable bonds is 11. The number of nitrogens with one attached hydrogen (secondary N) is 1. The lowest BCUT2D eigenvalue weighted by molar-refractivity contribution is -0.121. The van der Waals surface area contributed by atoms with Crippen molar-refractivity contribution in [3.8, 4) is 0 Å². The van der Waals surface area contributed by atoms with E-state index in [2.05, 4.69) is 36.1 Å². The van der Waals surface area contributed by atoms with E-state index >= 15 is 0 Å². The lowest BCUT2D eigenvalue weighted by Gasteiger charge is -2.22. The number of hydrogen-bond acceptors (Lipinski definition) is 4. The van der Waals surface area contributed by atoms with Crippen molar-refractivity contribution < 1.29 is 9.59 Å². The smallest absolute Gasteiger partial charge is 0.274 e. The third-order valence-electron chi connectivity index (χ3n) is 3.67. The van der Waals surface area contributed by atoms with Gasteiger partial charge in [-0.15, -0.1) is 0 Å². The number of nitrogens with zero attached hydrogens (tertiary/aromatic N) is 3. The van der Waals surface area contributed by atoms with Crippen LogP contribution >= 0.6 is 0 Å². The fraction of sp³-hybridized carbons (Fsp3) is 0.667. The number of carbonyl (C=O) groups excluding carboxylic acids is 2. The quantitative estimate of drug-likeness (QED) is 0.631. The van der Waals surface area contributed by atoms with Crippen LogP contribution in [0.4, 0.5) is 0 Å². The molecule has 6 heteroatoms. The van der Waals surface area contributed by atoms with E-state index in [9.17, 15) is 9.59 Å². The highest BCUT2D eigenvalue weighted by Gasteiger charge is 2.18. The van der Waals surface area contributed by atoms with Crippen molar-refractivity contribution in [1.29, 1.82) is 0 Å². The summed E-state index contributed by atoms with van der Waals surface area (Å²) in [7, 11) is 0. The maximum Gasteiger partial charge on any atom is 0.274 e. The van der Waals surface area contributed by atoms with Crippen molar-refractivity contribution in [1.82, 2.24) is 20.2 Å². The van der Waals surface area contributed by atoms with Gasteiger partial charge in [0.2, 0.25) is 5.91 Å². The van der Waals surface area contributed by atoms with Crippen LogP contribution in [0.3, 0.4) is 0 Å². The van der Waals surface area contributed by atoms with E-state index in [-0.39, 0.29) is 11.8 Å². The van der Waals surface area contributed by atoms with Gasteiger partial charge in [0, 0.05) is 38.4 Å². The Labute approximate surface area is 145 Å². The summed E-state index contributed by atoms with van der Waals surface area (Å²) in [4.78, 5) is 34.2. The Morgan fingerprint density at radius 1 is 1.17 bits per heavy atom. The van der Waals surface area contributed by atoms with E-state index in [0.29, 0.717) is 37.7 Å². The zero-order valence-corrected chi connectivity index (χ0v) is 15.1. The molecule has 0 aliphatic carbocycles. The SMILES string of the molecule is CCCCCCN(CCC(=O)NCC(C)C)C(=O)c1cnccn1. The lowest BCUT2D eigenvalue weighted by Crippen LogP contribution is -2.37. The predicted octanol–water partition coefficient (Wildman–Crippen LogP) is 2.66. The van der Waals surface area contributed by atoms with Crippen LogP contribution in [0.15, 0.2) is 18.6 Å². The first-order valence-electron chi connectivity index (χ1n) is 8.86. The molecule has 1 N–H and O–H groups in total. The standard InChI is InChI=1S/C18H30N4O2/c1-4-5-6-7-11-22(12-8-17(23)21-13-15(2)3)18(24)16-14-19-9-10-20-16/h9-10,14-15H,4-8,11-13H2,1-3H3,(H,21,23). The molecule has 0 spiro atoms. The fourth-order valence-corrected chi connectivity index (χ4v) is 2.26. The van der Waals surface area contributed by atoms with Crippen molar-refractivity contribution in [2.45, 2.75) is 52.9 Å². The second-order valence-corrected chi connectivity index (χ2v) is 6.39. The van der Waals surface area contributed by atoms with E-state index in [1.165, 1.54) is 12.4 Å². The largest absolute Gasteiger partial charge is 0.356 e. The Bertz CT molecular complexity index is 491. The molecule has 1 rings (SSSR count). The van der Waals surface area contributed by atoms with Gasteiger partial charge in [-0.25, -0.2) is 4.98 Å². The number of hydrogen-bond donors (Lipinski definition) is 1. The molecule has 0 saturated heterocycles. The molecule has 0 unspecified atom stereocenters. The summed E-state index contributed by atoms with van der Waals surface area (Å²) in [5.41, 5.74) is 0.329. The van der Waals surface area contributed by atoms with Crippen LogP contribution in [0.25, 0.3) is 0 Å². The molecule has 1 aromatic rings. The molecule has 6 nitrogen and oxygen atoms in total. The normalized spacial score (nSPS) is 10.7. The van der Waals surface area contributed by atoms with Crippen LogP contribution < -0.4 is 5.32 Å². The molecule has 24 heavy (non-hydrogen) atoms. The summed E-state index contributed by atoms with van der Waals surface area (Å²) >= 11 is 0. The molecule has 1 aromatic heterocycles. The van der Waals surface area contributed by atoms with Gasteiger partial charge in [-0.05, 0) is 12.3 Å². The van der Waals surface area contributed by atoms with Crippen LogP contribution in [0.2, 0.25) is 0 Å². The van der Waals surface area contributed by atoms with Crippen molar-refractivity contribution >= 4 is 11.8 Å². The fourth-order valence-electron chi connectivity index (χ4n) is 2.26. The highest BCUT2D eigenvalue weighted by atomic mass is 16.2. The van der Waals surface area contributed by atoms with Gasteiger partial charge in [-0.2, -0.15) is 0 Å². The van der Waals surface area contributed by atoms with Gasteiger partial charge < -0.3 is 10.2 Å². The molecule has 0 atom stereocenters. The molecule has 1 heterocycles. The monoisotopic (exact) mass is 334 g/mol. The molecule has 2 amide bonds. The maximum absolute atomic E-state index is 12.6. The van der Waals surface area contributed by atoms with Gasteiger partial charge in [0.05, 0.1) is 6.20 Å². The Balaban J connectivity index is 2.57. The Kier molecular flexibility index (Phi) is 9.65. The highest BCUT2D eigenvalue weighted by molar-refractivity contribution is 5.92.